The fourth-order valence-electron chi connectivity index (χ4n) is 1.41. The molecule has 0 saturated heterocycles. The largest absolute Gasteiger partial charge is 0.422 e. The molecule has 12 heavy (non-hydrogen) atoms. The van der Waals surface area contributed by atoms with E-state index in [1.54, 1.807) is 0 Å². The number of carbonyl (C=O) groups is 1. The molecule has 1 fully saturated rings. The first-order chi connectivity index (χ1) is 5.39. The summed E-state index contributed by atoms with van der Waals surface area (Å²) in [6, 6.07) is 0. The summed E-state index contributed by atoms with van der Waals surface area (Å²) in [4.78, 5) is 10.1. The van der Waals surface area contributed by atoms with E-state index >= 15 is 0 Å². The summed E-state index contributed by atoms with van der Waals surface area (Å²) in [6.45, 7) is 0. The molecule has 0 bridgehead atoms. The third-order valence-electron chi connectivity index (χ3n) is 2.20. The highest BCUT2D eigenvalue weighted by Gasteiger charge is 2.59. The highest BCUT2D eigenvalue weighted by Crippen LogP contribution is 2.47. The maximum absolute atomic E-state index is 13.0. The van der Waals surface area contributed by atoms with Crippen LogP contribution in [0.3, 0.4) is 0 Å². The predicted octanol–water partition coefficient (Wildman–Crippen LogP) is 2.26. The van der Waals surface area contributed by atoms with Gasteiger partial charge in [-0.25, -0.2) is 4.39 Å². The molecule has 0 aromatic rings. The quantitative estimate of drug-likeness (QED) is 0.451. The number of alkyl halides is 4. The van der Waals surface area contributed by atoms with Gasteiger partial charge in [-0.1, -0.05) is 0 Å². The van der Waals surface area contributed by atoms with Gasteiger partial charge in [0, 0.05) is 5.92 Å². The molecule has 0 amide bonds. The van der Waals surface area contributed by atoms with Gasteiger partial charge in [-0.3, -0.25) is 0 Å². The third kappa shape index (κ3) is 1.44. The molecule has 0 radical (unpaired) electrons. The maximum atomic E-state index is 13.0. The van der Waals surface area contributed by atoms with E-state index in [1.165, 1.54) is 0 Å². The first-order valence-corrected chi connectivity index (χ1v) is 3.60. The van der Waals surface area contributed by atoms with Gasteiger partial charge in [-0.05, 0) is 19.3 Å². The molecule has 2 unspecified atom stereocenters. The van der Waals surface area contributed by atoms with Gasteiger partial charge >= 0.3 is 6.18 Å². The third-order valence-corrected chi connectivity index (χ3v) is 2.20. The lowest BCUT2D eigenvalue weighted by Gasteiger charge is -2.22. The molecule has 0 heterocycles. The molecular formula is C7H8F4O. The lowest BCUT2D eigenvalue weighted by atomic mass is 10.0. The summed E-state index contributed by atoms with van der Waals surface area (Å²) in [5, 5.41) is 0. The number of rotatable bonds is 1. The van der Waals surface area contributed by atoms with E-state index in [9.17, 15) is 22.4 Å². The minimum absolute atomic E-state index is 0.000486. The Kier molecular flexibility index (Phi) is 2.14. The van der Waals surface area contributed by atoms with E-state index in [4.69, 9.17) is 0 Å². The van der Waals surface area contributed by atoms with Gasteiger partial charge in [0.2, 0.25) is 5.67 Å². The first kappa shape index (κ1) is 9.48. The summed E-state index contributed by atoms with van der Waals surface area (Å²) in [5.74, 6) is -0.767. The van der Waals surface area contributed by atoms with Crippen molar-refractivity contribution in [2.24, 2.45) is 5.92 Å². The zero-order valence-electron chi connectivity index (χ0n) is 6.20. The molecule has 0 aromatic heterocycles. The molecule has 2 atom stereocenters. The van der Waals surface area contributed by atoms with Crippen LogP contribution in [-0.4, -0.2) is 18.1 Å². The van der Waals surface area contributed by atoms with Gasteiger partial charge in [-0.2, -0.15) is 13.2 Å². The highest BCUT2D eigenvalue weighted by atomic mass is 19.4. The second-order valence-electron chi connectivity index (χ2n) is 3.10. The molecule has 0 aliphatic heterocycles. The van der Waals surface area contributed by atoms with Crippen molar-refractivity contribution in [1.82, 2.24) is 0 Å². The minimum atomic E-state index is -4.83. The van der Waals surface area contributed by atoms with Crippen molar-refractivity contribution in [3.05, 3.63) is 0 Å². The summed E-state index contributed by atoms with van der Waals surface area (Å²) in [6.07, 6.45) is -5.72. The Hall–Kier alpha value is -0.610. The number of hydrogen-bond donors (Lipinski definition) is 0. The Morgan fingerprint density at radius 1 is 1.42 bits per heavy atom. The number of hydrogen-bond acceptors (Lipinski definition) is 1. The van der Waals surface area contributed by atoms with Gasteiger partial charge in [0.25, 0.3) is 0 Å². The highest BCUT2D eigenvalue weighted by molar-refractivity contribution is 5.54. The van der Waals surface area contributed by atoms with Crippen LogP contribution in [-0.2, 0) is 4.79 Å². The van der Waals surface area contributed by atoms with Crippen LogP contribution in [0.25, 0.3) is 0 Å². The lowest BCUT2D eigenvalue weighted by molar-refractivity contribution is -0.228. The molecule has 1 aliphatic rings. The zero-order chi connectivity index (χ0) is 9.41. The summed E-state index contributed by atoms with van der Waals surface area (Å²) >= 11 is 0. The lowest BCUT2D eigenvalue weighted by Crippen LogP contribution is -2.38. The van der Waals surface area contributed by atoms with E-state index < -0.39 is 30.6 Å². The average molecular weight is 184 g/mol. The smallest absolute Gasteiger partial charge is 0.303 e. The van der Waals surface area contributed by atoms with Crippen LogP contribution in [0.15, 0.2) is 0 Å². The first-order valence-electron chi connectivity index (χ1n) is 3.60. The van der Waals surface area contributed by atoms with Crippen LogP contribution in [0.2, 0.25) is 0 Å². The van der Waals surface area contributed by atoms with Gasteiger partial charge in [0.15, 0.2) is 0 Å². The Labute approximate surface area is 66.7 Å². The van der Waals surface area contributed by atoms with Crippen molar-refractivity contribution >= 4 is 6.29 Å². The Bertz CT molecular complexity index is 188. The van der Waals surface area contributed by atoms with Crippen molar-refractivity contribution in [1.29, 1.82) is 0 Å². The van der Waals surface area contributed by atoms with Crippen LogP contribution in [0.4, 0.5) is 17.6 Å². The monoisotopic (exact) mass is 184 g/mol. The van der Waals surface area contributed by atoms with Crippen LogP contribution >= 0.6 is 0 Å². The van der Waals surface area contributed by atoms with Crippen molar-refractivity contribution in [3.8, 4) is 0 Å². The van der Waals surface area contributed by atoms with Crippen LogP contribution in [0.5, 0.6) is 0 Å². The molecule has 5 heteroatoms. The van der Waals surface area contributed by atoms with Crippen LogP contribution < -0.4 is 0 Å². The number of carbonyl (C=O) groups excluding carboxylic acids is 1. The topological polar surface area (TPSA) is 17.1 Å². The molecule has 1 aliphatic carbocycles. The second kappa shape index (κ2) is 2.71. The van der Waals surface area contributed by atoms with E-state index in [2.05, 4.69) is 0 Å². The SMILES string of the molecule is O=CC1CCC(F)(C(F)(F)F)C1. The van der Waals surface area contributed by atoms with Crippen molar-refractivity contribution in [2.75, 3.05) is 0 Å². The molecule has 0 aromatic carbocycles. The predicted molar refractivity (Wildman–Crippen MR) is 33.3 cm³/mol. The van der Waals surface area contributed by atoms with Crippen molar-refractivity contribution < 1.29 is 22.4 Å². The fourth-order valence-corrected chi connectivity index (χ4v) is 1.41. The average Bonchev–Trinajstić information content (AvgIpc) is 2.31. The van der Waals surface area contributed by atoms with Gasteiger partial charge in [0.05, 0.1) is 0 Å². The van der Waals surface area contributed by atoms with E-state index in [0.29, 0.717) is 6.29 Å². The second-order valence-corrected chi connectivity index (χ2v) is 3.10. The molecule has 1 rings (SSSR count). The number of halogens is 4. The van der Waals surface area contributed by atoms with Gasteiger partial charge < -0.3 is 4.79 Å². The summed E-state index contributed by atoms with van der Waals surface area (Å²) in [7, 11) is 0. The summed E-state index contributed by atoms with van der Waals surface area (Å²) in [5.41, 5.74) is -3.13. The molecule has 1 saturated carbocycles. The fraction of sp³-hybridized carbons (Fsp3) is 0.857. The van der Waals surface area contributed by atoms with E-state index in [-0.39, 0.29) is 6.42 Å². The molecule has 1 nitrogen and oxygen atoms in total. The standard InChI is InChI=1S/C7H8F4O/c8-6(7(9,10)11)2-1-5(3-6)4-12/h4-5H,1-3H2. The number of aldehydes is 1. The molecular weight excluding hydrogens is 176 g/mol. The molecule has 0 spiro atoms. The zero-order valence-corrected chi connectivity index (χ0v) is 6.20. The van der Waals surface area contributed by atoms with Crippen LogP contribution in [0, 0.1) is 5.92 Å². The van der Waals surface area contributed by atoms with E-state index in [1.807, 2.05) is 0 Å². The molecule has 0 N–H and O–H groups in total. The van der Waals surface area contributed by atoms with Gasteiger partial charge in [0.1, 0.15) is 6.29 Å². The van der Waals surface area contributed by atoms with Crippen LogP contribution in [0.1, 0.15) is 19.3 Å². The van der Waals surface area contributed by atoms with E-state index in [0.717, 1.165) is 0 Å². The Morgan fingerprint density at radius 3 is 2.25 bits per heavy atom. The van der Waals surface area contributed by atoms with Crippen molar-refractivity contribution in [3.63, 3.8) is 0 Å². The molecule has 70 valence electrons. The Balaban J connectivity index is 2.70. The Morgan fingerprint density at radius 2 is 2.00 bits per heavy atom. The minimum Gasteiger partial charge on any atom is -0.303 e. The maximum Gasteiger partial charge on any atom is 0.422 e. The normalized spacial score (nSPS) is 36.8. The van der Waals surface area contributed by atoms with Crippen molar-refractivity contribution in [2.45, 2.75) is 31.1 Å². The van der Waals surface area contributed by atoms with Gasteiger partial charge in [-0.15, -0.1) is 0 Å². The summed E-state index contributed by atoms with van der Waals surface area (Å²) < 4.78 is 48.9.